The molecule has 2 aromatic heterocycles. The maximum atomic E-state index is 5.55. The summed E-state index contributed by atoms with van der Waals surface area (Å²) < 4.78 is 0. The van der Waals surface area contributed by atoms with Crippen molar-refractivity contribution in [3.05, 3.63) is 30.7 Å². The van der Waals surface area contributed by atoms with E-state index in [1.54, 1.807) is 18.3 Å². The summed E-state index contributed by atoms with van der Waals surface area (Å²) in [5.41, 5.74) is 12.1. The Hall–Kier alpha value is -2.17. The summed E-state index contributed by atoms with van der Waals surface area (Å²) in [6, 6.07) is 3.58. The summed E-state index contributed by atoms with van der Waals surface area (Å²) in [6.45, 7) is 0. The van der Waals surface area contributed by atoms with E-state index in [4.69, 9.17) is 11.5 Å². The fraction of sp³-hybridized carbons (Fsp3) is 0. The summed E-state index contributed by atoms with van der Waals surface area (Å²) in [6.07, 6.45) is 5.86. The Morgan fingerprint density at radius 3 is 2.79 bits per heavy atom. The number of hydrogen-bond acceptors (Lipinski definition) is 5. The predicted octanol–water partition coefficient (Wildman–Crippen LogP) is 0.503. The van der Waals surface area contributed by atoms with Crippen molar-refractivity contribution in [1.82, 2.24) is 15.0 Å². The van der Waals surface area contributed by atoms with E-state index in [1.165, 1.54) is 6.20 Å². The number of pyridine rings is 1. The van der Waals surface area contributed by atoms with Crippen molar-refractivity contribution in [2.24, 2.45) is 0 Å². The zero-order valence-corrected chi connectivity index (χ0v) is 7.31. The van der Waals surface area contributed by atoms with E-state index in [-0.39, 0.29) is 5.82 Å². The molecule has 0 saturated carbocycles. The van der Waals surface area contributed by atoms with Gasteiger partial charge in [0.05, 0.1) is 11.9 Å². The molecule has 0 spiro atoms. The quantitative estimate of drug-likeness (QED) is 0.676. The summed E-state index contributed by atoms with van der Waals surface area (Å²) in [5, 5.41) is 0. The van der Waals surface area contributed by atoms with Gasteiger partial charge in [-0.2, -0.15) is 0 Å². The summed E-state index contributed by atoms with van der Waals surface area (Å²) >= 11 is 0. The third-order valence-corrected chi connectivity index (χ3v) is 1.70. The van der Waals surface area contributed by atoms with Crippen molar-refractivity contribution in [3.8, 4) is 11.4 Å². The normalized spacial score (nSPS) is 10.0. The monoisotopic (exact) mass is 186 g/mol. The average Bonchev–Trinajstić information content (AvgIpc) is 2.23. The smallest absolute Gasteiger partial charge is 0.163 e. The van der Waals surface area contributed by atoms with Crippen molar-refractivity contribution in [1.29, 1.82) is 0 Å². The Labute approximate surface area is 80.8 Å². The molecule has 0 aliphatic carbocycles. The van der Waals surface area contributed by atoms with Crippen LogP contribution in [0.2, 0.25) is 0 Å². The van der Waals surface area contributed by atoms with Crippen LogP contribution < -0.4 is 11.5 Å². The lowest BCUT2D eigenvalue weighted by atomic mass is 10.2. The number of aromatic nitrogens is 3. The molecule has 0 bridgehead atoms. The molecule has 0 amide bonds. The van der Waals surface area contributed by atoms with Gasteiger partial charge in [-0.25, -0.2) is 9.97 Å². The topological polar surface area (TPSA) is 90.7 Å². The molecule has 14 heavy (non-hydrogen) atoms. The van der Waals surface area contributed by atoms with Crippen molar-refractivity contribution in [2.75, 3.05) is 11.5 Å². The molecule has 0 atom stereocenters. The largest absolute Gasteiger partial charge is 0.394 e. The second-order valence-electron chi connectivity index (χ2n) is 2.70. The van der Waals surface area contributed by atoms with Gasteiger partial charge in [0.25, 0.3) is 0 Å². The van der Waals surface area contributed by atoms with Crippen molar-refractivity contribution >= 4 is 11.5 Å². The number of rotatable bonds is 1. The SMILES string of the molecule is Nc1cnc(-c2[c]nccc2)nc1N. The second kappa shape index (κ2) is 3.29. The van der Waals surface area contributed by atoms with E-state index in [1.807, 2.05) is 0 Å². The van der Waals surface area contributed by atoms with Gasteiger partial charge in [-0.15, -0.1) is 0 Å². The first kappa shape index (κ1) is 8.43. The third kappa shape index (κ3) is 1.47. The number of hydrogen-bond donors (Lipinski definition) is 2. The van der Waals surface area contributed by atoms with Gasteiger partial charge in [-0.05, 0) is 12.1 Å². The van der Waals surface area contributed by atoms with Crippen LogP contribution in [-0.2, 0) is 0 Å². The van der Waals surface area contributed by atoms with Gasteiger partial charge in [-0.3, -0.25) is 4.98 Å². The van der Waals surface area contributed by atoms with Crippen molar-refractivity contribution in [2.45, 2.75) is 0 Å². The molecule has 5 nitrogen and oxygen atoms in total. The van der Waals surface area contributed by atoms with Gasteiger partial charge in [-0.1, -0.05) is 0 Å². The van der Waals surface area contributed by atoms with Gasteiger partial charge in [0, 0.05) is 11.8 Å². The lowest BCUT2D eigenvalue weighted by Crippen LogP contribution is -2.01. The molecular weight excluding hydrogens is 178 g/mol. The first-order chi connectivity index (χ1) is 6.77. The third-order valence-electron chi connectivity index (χ3n) is 1.70. The number of anilines is 2. The summed E-state index contributed by atoms with van der Waals surface area (Å²) in [5.74, 6) is 0.747. The fourth-order valence-electron chi connectivity index (χ4n) is 0.985. The standard InChI is InChI=1S/C9H8N5/c10-7-5-13-9(14-8(7)11)6-2-1-3-12-4-6/h1-3,5H,10H2,(H2,11,13,14). The zero-order chi connectivity index (χ0) is 9.97. The minimum atomic E-state index is 0.271. The first-order valence-electron chi connectivity index (χ1n) is 3.98. The van der Waals surface area contributed by atoms with Crippen LogP contribution >= 0.6 is 0 Å². The Morgan fingerprint density at radius 1 is 1.29 bits per heavy atom. The van der Waals surface area contributed by atoms with Gasteiger partial charge in [0.1, 0.15) is 6.20 Å². The number of nitrogen functional groups attached to an aromatic ring is 2. The second-order valence-corrected chi connectivity index (χ2v) is 2.70. The Kier molecular flexibility index (Phi) is 1.98. The highest BCUT2D eigenvalue weighted by atomic mass is 15.0. The van der Waals surface area contributed by atoms with Gasteiger partial charge in [0.2, 0.25) is 0 Å². The molecule has 69 valence electrons. The highest BCUT2D eigenvalue weighted by molar-refractivity contribution is 5.62. The zero-order valence-electron chi connectivity index (χ0n) is 7.31. The minimum Gasteiger partial charge on any atom is -0.394 e. The molecule has 2 rings (SSSR count). The van der Waals surface area contributed by atoms with Crippen LogP contribution in [0.15, 0.2) is 24.5 Å². The molecular formula is C9H8N5. The average molecular weight is 186 g/mol. The predicted molar refractivity (Wildman–Crippen MR) is 52.9 cm³/mol. The maximum absolute atomic E-state index is 5.55. The molecule has 0 saturated heterocycles. The van der Waals surface area contributed by atoms with E-state index < -0.39 is 0 Å². The Morgan fingerprint density at radius 2 is 2.14 bits per heavy atom. The van der Waals surface area contributed by atoms with Crippen molar-refractivity contribution in [3.63, 3.8) is 0 Å². The molecule has 2 aromatic rings. The number of nitrogens with two attached hydrogens (primary N) is 2. The molecule has 1 radical (unpaired) electrons. The summed E-state index contributed by atoms with van der Waals surface area (Å²) in [4.78, 5) is 11.9. The van der Waals surface area contributed by atoms with Crippen LogP contribution in [0.4, 0.5) is 11.5 Å². The van der Waals surface area contributed by atoms with Crippen LogP contribution in [0.25, 0.3) is 11.4 Å². The van der Waals surface area contributed by atoms with Crippen LogP contribution in [0.1, 0.15) is 0 Å². The molecule has 5 heteroatoms. The van der Waals surface area contributed by atoms with E-state index in [9.17, 15) is 0 Å². The van der Waals surface area contributed by atoms with Crippen LogP contribution in [0, 0.1) is 6.20 Å². The first-order valence-corrected chi connectivity index (χ1v) is 3.98. The van der Waals surface area contributed by atoms with Gasteiger partial charge >= 0.3 is 0 Å². The van der Waals surface area contributed by atoms with Crippen molar-refractivity contribution < 1.29 is 0 Å². The highest BCUT2D eigenvalue weighted by Crippen LogP contribution is 2.16. The molecule has 0 unspecified atom stereocenters. The number of nitrogens with zero attached hydrogens (tertiary/aromatic N) is 3. The molecule has 2 heterocycles. The van der Waals surface area contributed by atoms with Crippen LogP contribution in [-0.4, -0.2) is 15.0 Å². The van der Waals surface area contributed by atoms with E-state index in [2.05, 4.69) is 21.1 Å². The highest BCUT2D eigenvalue weighted by Gasteiger charge is 2.03. The van der Waals surface area contributed by atoms with Gasteiger partial charge in [0.15, 0.2) is 11.6 Å². The Balaban J connectivity index is 2.48. The molecule has 0 aliphatic rings. The fourth-order valence-corrected chi connectivity index (χ4v) is 0.985. The van der Waals surface area contributed by atoms with E-state index >= 15 is 0 Å². The molecule has 0 fully saturated rings. The Bertz CT molecular complexity index is 440. The van der Waals surface area contributed by atoms with E-state index in [0.29, 0.717) is 17.1 Å². The molecule has 0 aliphatic heterocycles. The molecule has 0 aromatic carbocycles. The van der Waals surface area contributed by atoms with Crippen LogP contribution in [0.5, 0.6) is 0 Å². The lowest BCUT2D eigenvalue weighted by Gasteiger charge is -2.01. The minimum absolute atomic E-state index is 0.271. The van der Waals surface area contributed by atoms with Crippen LogP contribution in [0.3, 0.4) is 0 Å². The summed E-state index contributed by atoms with van der Waals surface area (Å²) in [7, 11) is 0. The maximum Gasteiger partial charge on any atom is 0.163 e. The molecule has 4 N–H and O–H groups in total. The van der Waals surface area contributed by atoms with E-state index in [0.717, 1.165) is 0 Å². The van der Waals surface area contributed by atoms with Gasteiger partial charge < -0.3 is 11.5 Å². The lowest BCUT2D eigenvalue weighted by molar-refractivity contribution is 1.17.